The van der Waals surface area contributed by atoms with Crippen LogP contribution in [0.2, 0.25) is 0 Å². The molecular formula is C24H26N4O2S. The third-order valence-electron chi connectivity index (χ3n) is 5.52. The number of benzene rings is 2. The van der Waals surface area contributed by atoms with Gasteiger partial charge in [0.25, 0.3) is 5.91 Å². The molecule has 6 nitrogen and oxygen atoms in total. The van der Waals surface area contributed by atoms with E-state index in [9.17, 15) is 9.59 Å². The number of piperazine rings is 1. The lowest BCUT2D eigenvalue weighted by Crippen LogP contribution is -2.57. The fourth-order valence-corrected chi connectivity index (χ4v) is 4.37. The summed E-state index contributed by atoms with van der Waals surface area (Å²) in [5.41, 5.74) is 2.72. The minimum Gasteiger partial charge on any atom is -0.381 e. The highest BCUT2D eigenvalue weighted by atomic mass is 32.2. The number of anilines is 1. The lowest BCUT2D eigenvalue weighted by molar-refractivity contribution is -0.127. The molecule has 4 rings (SSSR count). The van der Waals surface area contributed by atoms with Crippen molar-refractivity contribution in [3.63, 3.8) is 0 Å². The second-order valence-corrected chi connectivity index (χ2v) is 8.53. The molecule has 7 heteroatoms. The van der Waals surface area contributed by atoms with Crippen molar-refractivity contribution in [2.24, 2.45) is 0 Å². The second kappa shape index (κ2) is 9.83. The van der Waals surface area contributed by atoms with Crippen molar-refractivity contribution in [3.05, 3.63) is 72.1 Å². The predicted octanol–water partition coefficient (Wildman–Crippen LogP) is 3.54. The lowest BCUT2D eigenvalue weighted by Gasteiger charge is -2.35. The van der Waals surface area contributed by atoms with Crippen LogP contribution in [0.1, 0.15) is 22.3 Å². The van der Waals surface area contributed by atoms with Gasteiger partial charge in [-0.15, -0.1) is 0 Å². The van der Waals surface area contributed by atoms with E-state index in [2.05, 4.69) is 21.7 Å². The van der Waals surface area contributed by atoms with Gasteiger partial charge < -0.3 is 15.5 Å². The average Bonchev–Trinajstić information content (AvgIpc) is 2.81. The minimum absolute atomic E-state index is 0.0595. The maximum Gasteiger partial charge on any atom is 0.255 e. The molecule has 31 heavy (non-hydrogen) atoms. The van der Waals surface area contributed by atoms with Crippen molar-refractivity contribution in [3.8, 4) is 0 Å². The number of hydrogen-bond donors (Lipinski definition) is 2. The van der Waals surface area contributed by atoms with E-state index in [4.69, 9.17) is 0 Å². The largest absolute Gasteiger partial charge is 0.381 e. The number of aromatic nitrogens is 1. The van der Waals surface area contributed by atoms with Crippen LogP contribution in [-0.2, 0) is 11.3 Å². The van der Waals surface area contributed by atoms with Gasteiger partial charge in [0.05, 0.1) is 0 Å². The molecular weight excluding hydrogens is 408 g/mol. The third-order valence-corrected chi connectivity index (χ3v) is 6.16. The molecule has 2 amide bonds. The number of amides is 2. The zero-order chi connectivity index (χ0) is 21.6. The van der Waals surface area contributed by atoms with Crippen LogP contribution in [0.3, 0.4) is 0 Å². The Morgan fingerprint density at radius 1 is 1.26 bits per heavy atom. The van der Waals surface area contributed by atoms with Gasteiger partial charge >= 0.3 is 0 Å². The van der Waals surface area contributed by atoms with Gasteiger partial charge in [0.1, 0.15) is 6.04 Å². The second-order valence-electron chi connectivity index (χ2n) is 7.54. The number of carbonyl (C=O) groups is 2. The van der Waals surface area contributed by atoms with Crippen LogP contribution in [0, 0.1) is 0 Å². The van der Waals surface area contributed by atoms with E-state index in [0.29, 0.717) is 31.6 Å². The summed E-state index contributed by atoms with van der Waals surface area (Å²) in [6, 6.07) is 15.3. The molecule has 3 aromatic rings. The first-order valence-corrected chi connectivity index (χ1v) is 11.8. The molecule has 0 unspecified atom stereocenters. The van der Waals surface area contributed by atoms with Crippen molar-refractivity contribution in [1.82, 2.24) is 15.2 Å². The van der Waals surface area contributed by atoms with E-state index >= 15 is 0 Å². The Bertz CT molecular complexity index is 1070. The molecule has 160 valence electrons. The monoisotopic (exact) mass is 434 g/mol. The Morgan fingerprint density at radius 3 is 2.97 bits per heavy atom. The number of fused-ring (bicyclic) bond motifs is 1. The number of rotatable bonds is 7. The number of nitrogens with one attached hydrogen (secondary N) is 2. The van der Waals surface area contributed by atoms with Crippen LogP contribution in [0.4, 0.5) is 5.69 Å². The van der Waals surface area contributed by atoms with Gasteiger partial charge in [0.2, 0.25) is 5.91 Å². The number of carbonyl (C=O) groups excluding carboxylic acids is 2. The van der Waals surface area contributed by atoms with Gasteiger partial charge in [-0.1, -0.05) is 24.3 Å². The van der Waals surface area contributed by atoms with Gasteiger partial charge in [0, 0.05) is 43.3 Å². The van der Waals surface area contributed by atoms with E-state index in [0.717, 1.165) is 27.8 Å². The summed E-state index contributed by atoms with van der Waals surface area (Å²) < 4.78 is 0. The van der Waals surface area contributed by atoms with Crippen LogP contribution >= 0.6 is 11.8 Å². The molecule has 1 atom stereocenters. The number of pyridine rings is 1. The highest BCUT2D eigenvalue weighted by molar-refractivity contribution is 7.98. The third kappa shape index (κ3) is 4.82. The quantitative estimate of drug-likeness (QED) is 0.595. The Labute approximate surface area is 186 Å². The first-order valence-electron chi connectivity index (χ1n) is 10.4. The molecule has 0 aliphatic carbocycles. The van der Waals surface area contributed by atoms with Gasteiger partial charge in [0.15, 0.2) is 0 Å². The molecule has 1 saturated heterocycles. The Balaban J connectivity index is 1.57. The summed E-state index contributed by atoms with van der Waals surface area (Å²) in [5.74, 6) is 0.696. The van der Waals surface area contributed by atoms with E-state index in [-0.39, 0.29) is 11.8 Å². The summed E-state index contributed by atoms with van der Waals surface area (Å²) in [7, 11) is 0. The molecule has 1 fully saturated rings. The predicted molar refractivity (Wildman–Crippen MR) is 126 cm³/mol. The molecule has 2 aromatic carbocycles. The first kappa shape index (κ1) is 21.2. The Hall–Kier alpha value is -3.06. The molecule has 0 saturated carbocycles. The fourth-order valence-electron chi connectivity index (χ4n) is 3.92. The van der Waals surface area contributed by atoms with E-state index in [1.807, 2.05) is 54.9 Å². The number of thioether (sulfide) groups is 1. The van der Waals surface area contributed by atoms with Crippen molar-refractivity contribution >= 4 is 40.0 Å². The van der Waals surface area contributed by atoms with Crippen LogP contribution in [0.25, 0.3) is 10.8 Å². The van der Waals surface area contributed by atoms with Crippen molar-refractivity contribution in [2.75, 3.05) is 30.4 Å². The zero-order valence-corrected chi connectivity index (χ0v) is 18.3. The molecule has 1 aliphatic rings. The fraction of sp³-hybridized carbons (Fsp3) is 0.292. The SMILES string of the molecule is CSCC[C@H]1C(=O)NCCN1C(=O)c1cccc2cc(NCc3cccnc3)ccc12. The van der Waals surface area contributed by atoms with E-state index in [1.165, 1.54) is 0 Å². The summed E-state index contributed by atoms with van der Waals surface area (Å²) in [6.45, 7) is 1.70. The number of nitrogens with zero attached hydrogens (tertiary/aromatic N) is 2. The van der Waals surface area contributed by atoms with Gasteiger partial charge in [-0.05, 0) is 59.0 Å². The molecule has 0 bridgehead atoms. The smallest absolute Gasteiger partial charge is 0.255 e. The average molecular weight is 435 g/mol. The van der Waals surface area contributed by atoms with Crippen molar-refractivity contribution < 1.29 is 9.59 Å². The highest BCUT2D eigenvalue weighted by Gasteiger charge is 2.33. The summed E-state index contributed by atoms with van der Waals surface area (Å²) in [6.07, 6.45) is 6.27. The van der Waals surface area contributed by atoms with Gasteiger partial charge in [-0.2, -0.15) is 11.8 Å². The van der Waals surface area contributed by atoms with Crippen molar-refractivity contribution in [2.45, 2.75) is 19.0 Å². The summed E-state index contributed by atoms with van der Waals surface area (Å²) in [5, 5.41) is 8.19. The van der Waals surface area contributed by atoms with Gasteiger partial charge in [-0.3, -0.25) is 14.6 Å². The highest BCUT2D eigenvalue weighted by Crippen LogP contribution is 2.25. The number of hydrogen-bond acceptors (Lipinski definition) is 5. The lowest BCUT2D eigenvalue weighted by atomic mass is 10.0. The molecule has 1 aromatic heterocycles. The van der Waals surface area contributed by atoms with Crippen molar-refractivity contribution in [1.29, 1.82) is 0 Å². The summed E-state index contributed by atoms with van der Waals surface area (Å²) >= 11 is 1.69. The Morgan fingerprint density at radius 2 is 2.16 bits per heavy atom. The summed E-state index contributed by atoms with van der Waals surface area (Å²) in [4.78, 5) is 31.7. The maximum atomic E-state index is 13.4. The van der Waals surface area contributed by atoms with Crippen LogP contribution in [0.5, 0.6) is 0 Å². The van der Waals surface area contributed by atoms with E-state index < -0.39 is 6.04 Å². The normalized spacial score (nSPS) is 16.2. The zero-order valence-electron chi connectivity index (χ0n) is 17.5. The Kier molecular flexibility index (Phi) is 6.72. The molecule has 1 aliphatic heterocycles. The first-order chi connectivity index (χ1) is 15.2. The van der Waals surface area contributed by atoms with Gasteiger partial charge in [-0.25, -0.2) is 0 Å². The van der Waals surface area contributed by atoms with E-state index in [1.54, 1.807) is 22.9 Å². The molecule has 2 heterocycles. The molecule has 0 radical (unpaired) electrons. The maximum absolute atomic E-state index is 13.4. The van der Waals surface area contributed by atoms with Crippen LogP contribution in [-0.4, -0.2) is 52.8 Å². The molecule has 0 spiro atoms. The minimum atomic E-state index is -0.413. The topological polar surface area (TPSA) is 74.3 Å². The van der Waals surface area contributed by atoms with Crippen LogP contribution < -0.4 is 10.6 Å². The molecule has 2 N–H and O–H groups in total. The standard InChI is InChI=1S/C24H26N4O2S/c1-31-13-9-22-23(29)26-11-12-28(22)24(30)21-6-2-5-18-14-19(7-8-20(18)21)27-16-17-4-3-10-25-15-17/h2-8,10,14-15,22,27H,9,11-13,16H2,1H3,(H,26,29)/t22-/m0/s1. The van der Waals surface area contributed by atoms with Crippen LogP contribution in [0.15, 0.2) is 60.9 Å².